The number of hydrogen-bond donors (Lipinski definition) is 1. The summed E-state index contributed by atoms with van der Waals surface area (Å²) >= 11 is 0. The van der Waals surface area contributed by atoms with Crippen molar-refractivity contribution in [2.45, 2.75) is 32.7 Å². The number of rotatable bonds is 2. The highest BCUT2D eigenvalue weighted by molar-refractivity contribution is 5.77. The lowest BCUT2D eigenvalue weighted by molar-refractivity contribution is 0.0605. The highest BCUT2D eigenvalue weighted by Gasteiger charge is 2.19. The van der Waals surface area contributed by atoms with Crippen molar-refractivity contribution < 1.29 is 4.74 Å². The van der Waals surface area contributed by atoms with Gasteiger partial charge in [0.2, 0.25) is 0 Å². The lowest BCUT2D eigenvalue weighted by Crippen LogP contribution is -2.25. The summed E-state index contributed by atoms with van der Waals surface area (Å²) in [5.41, 5.74) is 5.52. The van der Waals surface area contributed by atoms with E-state index in [4.69, 9.17) is 10.5 Å². The van der Waals surface area contributed by atoms with E-state index in [2.05, 4.69) is 11.9 Å². The Balaban J connectivity index is 2.39. The van der Waals surface area contributed by atoms with Crippen molar-refractivity contribution in [2.75, 3.05) is 13.2 Å². The second-order valence-electron chi connectivity index (χ2n) is 3.46. The molecule has 0 saturated carbocycles. The molecule has 1 atom stereocenters. The Bertz CT molecular complexity index is 158. The SMILES string of the molecule is CC(N)=NC(C)C1CCOCC1. The van der Waals surface area contributed by atoms with Gasteiger partial charge in [0, 0.05) is 13.2 Å². The Morgan fingerprint density at radius 3 is 2.58 bits per heavy atom. The van der Waals surface area contributed by atoms with Crippen LogP contribution in [0.25, 0.3) is 0 Å². The maximum absolute atomic E-state index is 5.52. The van der Waals surface area contributed by atoms with E-state index < -0.39 is 0 Å². The van der Waals surface area contributed by atoms with Gasteiger partial charge in [-0.25, -0.2) is 0 Å². The molecule has 0 amide bonds. The molecule has 0 radical (unpaired) electrons. The van der Waals surface area contributed by atoms with Gasteiger partial charge in [-0.3, -0.25) is 4.99 Å². The molecule has 12 heavy (non-hydrogen) atoms. The third-order valence-corrected chi connectivity index (χ3v) is 2.36. The summed E-state index contributed by atoms with van der Waals surface area (Å²) in [4.78, 5) is 4.34. The minimum absolute atomic E-state index is 0.360. The van der Waals surface area contributed by atoms with E-state index in [0.29, 0.717) is 17.8 Å². The fraction of sp³-hybridized carbons (Fsp3) is 0.889. The molecule has 3 heteroatoms. The summed E-state index contributed by atoms with van der Waals surface area (Å²) in [5, 5.41) is 0. The van der Waals surface area contributed by atoms with Gasteiger partial charge in [0.25, 0.3) is 0 Å². The van der Waals surface area contributed by atoms with Crippen LogP contribution in [0, 0.1) is 5.92 Å². The number of hydrogen-bond acceptors (Lipinski definition) is 2. The molecule has 1 saturated heterocycles. The number of nitrogens with two attached hydrogens (primary N) is 1. The van der Waals surface area contributed by atoms with E-state index in [9.17, 15) is 0 Å². The van der Waals surface area contributed by atoms with Crippen LogP contribution in [0.15, 0.2) is 4.99 Å². The third-order valence-electron chi connectivity index (χ3n) is 2.36. The molecule has 1 aliphatic rings. The monoisotopic (exact) mass is 170 g/mol. The number of ether oxygens (including phenoxy) is 1. The third kappa shape index (κ3) is 2.81. The Kier molecular flexibility index (Phi) is 3.53. The van der Waals surface area contributed by atoms with E-state index >= 15 is 0 Å². The van der Waals surface area contributed by atoms with Gasteiger partial charge in [-0.1, -0.05) is 0 Å². The second kappa shape index (κ2) is 4.45. The molecule has 3 nitrogen and oxygen atoms in total. The highest BCUT2D eigenvalue weighted by Crippen LogP contribution is 2.20. The van der Waals surface area contributed by atoms with Crippen LogP contribution in [-0.2, 0) is 4.74 Å². The van der Waals surface area contributed by atoms with E-state index in [0.717, 1.165) is 26.1 Å². The van der Waals surface area contributed by atoms with Gasteiger partial charge >= 0.3 is 0 Å². The molecule has 70 valence electrons. The summed E-state index contributed by atoms with van der Waals surface area (Å²) in [6, 6.07) is 0.360. The van der Waals surface area contributed by atoms with Gasteiger partial charge in [0.15, 0.2) is 0 Å². The van der Waals surface area contributed by atoms with Gasteiger partial charge in [-0.05, 0) is 32.6 Å². The maximum atomic E-state index is 5.52. The topological polar surface area (TPSA) is 47.6 Å². The molecule has 1 rings (SSSR count). The van der Waals surface area contributed by atoms with Crippen LogP contribution in [-0.4, -0.2) is 25.1 Å². The van der Waals surface area contributed by atoms with Crippen molar-refractivity contribution in [2.24, 2.45) is 16.6 Å². The Morgan fingerprint density at radius 2 is 2.08 bits per heavy atom. The molecule has 0 aliphatic carbocycles. The molecule has 0 aromatic rings. The quantitative estimate of drug-likeness (QED) is 0.499. The minimum atomic E-state index is 0.360. The predicted octanol–water partition coefficient (Wildman–Crippen LogP) is 1.18. The smallest absolute Gasteiger partial charge is 0.0909 e. The van der Waals surface area contributed by atoms with Crippen LogP contribution >= 0.6 is 0 Å². The normalized spacial score (nSPS) is 24.0. The van der Waals surface area contributed by atoms with Crippen molar-refractivity contribution >= 4 is 5.84 Å². The van der Waals surface area contributed by atoms with Gasteiger partial charge in [-0.15, -0.1) is 0 Å². The Hall–Kier alpha value is -0.570. The Labute approximate surface area is 74.0 Å². The lowest BCUT2D eigenvalue weighted by Gasteiger charge is -2.25. The van der Waals surface area contributed by atoms with Crippen LogP contribution in [0.5, 0.6) is 0 Å². The van der Waals surface area contributed by atoms with Crippen LogP contribution in [0.1, 0.15) is 26.7 Å². The maximum Gasteiger partial charge on any atom is 0.0909 e. The first-order valence-corrected chi connectivity index (χ1v) is 4.58. The first kappa shape index (κ1) is 9.52. The van der Waals surface area contributed by atoms with Crippen molar-refractivity contribution in [1.29, 1.82) is 0 Å². The summed E-state index contributed by atoms with van der Waals surface area (Å²) in [7, 11) is 0. The number of amidine groups is 1. The van der Waals surface area contributed by atoms with Gasteiger partial charge in [0.1, 0.15) is 0 Å². The fourth-order valence-corrected chi connectivity index (χ4v) is 1.62. The molecule has 1 fully saturated rings. The van der Waals surface area contributed by atoms with E-state index in [-0.39, 0.29) is 0 Å². The Morgan fingerprint density at radius 1 is 1.50 bits per heavy atom. The molecular formula is C9H18N2O. The van der Waals surface area contributed by atoms with Crippen LogP contribution in [0.3, 0.4) is 0 Å². The summed E-state index contributed by atoms with van der Waals surface area (Å²) < 4.78 is 5.28. The van der Waals surface area contributed by atoms with Crippen LogP contribution in [0.2, 0.25) is 0 Å². The molecule has 0 aromatic carbocycles. The molecule has 2 N–H and O–H groups in total. The predicted molar refractivity (Wildman–Crippen MR) is 50.3 cm³/mol. The van der Waals surface area contributed by atoms with Crippen molar-refractivity contribution in [3.63, 3.8) is 0 Å². The highest BCUT2D eigenvalue weighted by atomic mass is 16.5. The molecule has 1 aliphatic heterocycles. The zero-order valence-corrected chi connectivity index (χ0v) is 7.92. The lowest BCUT2D eigenvalue weighted by atomic mass is 9.93. The largest absolute Gasteiger partial charge is 0.388 e. The van der Waals surface area contributed by atoms with Gasteiger partial charge in [0.05, 0.1) is 11.9 Å². The summed E-state index contributed by atoms with van der Waals surface area (Å²) in [6.45, 7) is 5.74. The number of nitrogens with zero attached hydrogens (tertiary/aromatic N) is 1. The van der Waals surface area contributed by atoms with Gasteiger partial charge < -0.3 is 10.5 Å². The van der Waals surface area contributed by atoms with Crippen molar-refractivity contribution in [3.05, 3.63) is 0 Å². The fourth-order valence-electron chi connectivity index (χ4n) is 1.62. The van der Waals surface area contributed by atoms with Crippen LogP contribution < -0.4 is 5.73 Å². The molecular weight excluding hydrogens is 152 g/mol. The molecule has 0 bridgehead atoms. The summed E-state index contributed by atoms with van der Waals surface area (Å²) in [6.07, 6.45) is 2.25. The van der Waals surface area contributed by atoms with E-state index in [1.807, 2.05) is 6.92 Å². The molecule has 1 heterocycles. The minimum Gasteiger partial charge on any atom is -0.388 e. The first-order chi connectivity index (χ1) is 5.70. The average Bonchev–Trinajstić information content (AvgIpc) is 2.05. The standard InChI is InChI=1S/C9H18N2O/c1-7(11-8(2)10)9-3-5-12-6-4-9/h7,9H,3-6H2,1-2H3,(H2,10,11). The van der Waals surface area contributed by atoms with Crippen molar-refractivity contribution in [1.82, 2.24) is 0 Å². The molecule has 0 spiro atoms. The zero-order valence-electron chi connectivity index (χ0n) is 7.92. The van der Waals surface area contributed by atoms with Gasteiger partial charge in [-0.2, -0.15) is 0 Å². The first-order valence-electron chi connectivity index (χ1n) is 4.58. The number of aliphatic imine (C=N–C) groups is 1. The van der Waals surface area contributed by atoms with Crippen LogP contribution in [0.4, 0.5) is 0 Å². The second-order valence-corrected chi connectivity index (χ2v) is 3.46. The van der Waals surface area contributed by atoms with E-state index in [1.54, 1.807) is 0 Å². The summed E-state index contributed by atoms with van der Waals surface area (Å²) in [5.74, 6) is 1.35. The van der Waals surface area contributed by atoms with E-state index in [1.165, 1.54) is 0 Å². The van der Waals surface area contributed by atoms with Crippen molar-refractivity contribution in [3.8, 4) is 0 Å². The molecule has 1 unspecified atom stereocenters. The zero-order chi connectivity index (χ0) is 8.97. The average molecular weight is 170 g/mol. The molecule has 0 aromatic heterocycles.